The molecule has 1 heterocycles. The van der Waals surface area contributed by atoms with Gasteiger partial charge in [0, 0.05) is 22.2 Å². The van der Waals surface area contributed by atoms with E-state index in [1.807, 2.05) is 35.7 Å². The molecule has 2 aromatic rings. The first-order chi connectivity index (χ1) is 8.24. The predicted octanol–water partition coefficient (Wildman–Crippen LogP) is 4.26. The zero-order valence-electron chi connectivity index (χ0n) is 9.36. The van der Waals surface area contributed by atoms with E-state index in [-0.39, 0.29) is 0 Å². The van der Waals surface area contributed by atoms with E-state index in [0.29, 0.717) is 18.6 Å². The summed E-state index contributed by atoms with van der Waals surface area (Å²) in [5.74, 6) is 0.302. The molecule has 0 radical (unpaired) electrons. The number of benzene rings is 1. The molecule has 0 saturated heterocycles. The number of hydrogen-bond acceptors (Lipinski definition) is 2. The lowest BCUT2D eigenvalue weighted by atomic mass is 10.1. The second-order valence-electron chi connectivity index (χ2n) is 3.92. The lowest BCUT2D eigenvalue weighted by Crippen LogP contribution is -2.03. The minimum Gasteiger partial charge on any atom is -0.299 e. The molecule has 1 aromatic heterocycles. The van der Waals surface area contributed by atoms with Gasteiger partial charge in [-0.25, -0.2) is 0 Å². The molecule has 3 heteroatoms. The molecule has 17 heavy (non-hydrogen) atoms. The van der Waals surface area contributed by atoms with Crippen LogP contribution in [-0.2, 0) is 17.6 Å². The summed E-state index contributed by atoms with van der Waals surface area (Å²) in [6.07, 6.45) is 2.03. The van der Waals surface area contributed by atoms with Crippen LogP contribution >= 0.6 is 27.3 Å². The van der Waals surface area contributed by atoms with E-state index in [9.17, 15) is 4.79 Å². The van der Waals surface area contributed by atoms with Crippen molar-refractivity contribution in [2.75, 3.05) is 0 Å². The molecule has 0 unspecified atom stereocenters. The van der Waals surface area contributed by atoms with E-state index in [1.165, 1.54) is 4.88 Å². The molecule has 1 aromatic carbocycles. The van der Waals surface area contributed by atoms with Crippen LogP contribution in [0.15, 0.2) is 46.3 Å². The molecule has 0 saturated carbocycles. The molecule has 0 amide bonds. The van der Waals surface area contributed by atoms with Gasteiger partial charge in [-0.15, -0.1) is 11.3 Å². The summed E-state index contributed by atoms with van der Waals surface area (Å²) in [6.45, 7) is 0. The summed E-state index contributed by atoms with van der Waals surface area (Å²) in [4.78, 5) is 13.1. The summed E-state index contributed by atoms with van der Waals surface area (Å²) in [7, 11) is 0. The van der Waals surface area contributed by atoms with Gasteiger partial charge in [-0.2, -0.15) is 0 Å². The average molecular weight is 309 g/mol. The van der Waals surface area contributed by atoms with Gasteiger partial charge in [0.2, 0.25) is 0 Å². The van der Waals surface area contributed by atoms with Crippen LogP contribution in [0, 0.1) is 0 Å². The minimum absolute atomic E-state index is 0.302. The van der Waals surface area contributed by atoms with Gasteiger partial charge in [0.1, 0.15) is 5.78 Å². The normalized spacial score (nSPS) is 10.4. The molecular formula is C14H13BrOS. The highest BCUT2D eigenvalue weighted by atomic mass is 79.9. The molecule has 2 rings (SSSR count). The van der Waals surface area contributed by atoms with E-state index >= 15 is 0 Å². The molecule has 1 nitrogen and oxygen atoms in total. The van der Waals surface area contributed by atoms with Crippen LogP contribution in [-0.4, -0.2) is 5.78 Å². The summed E-state index contributed by atoms with van der Waals surface area (Å²) in [5, 5.41) is 2.05. The quantitative estimate of drug-likeness (QED) is 0.807. The smallest absolute Gasteiger partial charge is 0.137 e. The van der Waals surface area contributed by atoms with Gasteiger partial charge >= 0.3 is 0 Å². The molecule has 0 bridgehead atoms. The van der Waals surface area contributed by atoms with Crippen molar-refractivity contribution in [1.29, 1.82) is 0 Å². The topological polar surface area (TPSA) is 17.1 Å². The SMILES string of the molecule is O=C(CCc1cccs1)Cc1cccc(Br)c1. The maximum Gasteiger partial charge on any atom is 0.137 e. The van der Waals surface area contributed by atoms with E-state index < -0.39 is 0 Å². The Balaban J connectivity index is 1.85. The zero-order valence-corrected chi connectivity index (χ0v) is 11.8. The molecule has 0 aliphatic rings. The Hall–Kier alpha value is -0.930. The van der Waals surface area contributed by atoms with Gasteiger partial charge in [-0.1, -0.05) is 34.1 Å². The van der Waals surface area contributed by atoms with E-state index in [2.05, 4.69) is 22.0 Å². The highest BCUT2D eigenvalue weighted by molar-refractivity contribution is 9.10. The average Bonchev–Trinajstić information content (AvgIpc) is 2.79. The molecule has 0 N–H and O–H groups in total. The third-order valence-electron chi connectivity index (χ3n) is 2.52. The van der Waals surface area contributed by atoms with Gasteiger partial charge in [-0.3, -0.25) is 4.79 Å². The molecule has 0 spiro atoms. The van der Waals surface area contributed by atoms with Crippen LogP contribution in [0.5, 0.6) is 0 Å². The lowest BCUT2D eigenvalue weighted by Gasteiger charge is -2.01. The van der Waals surface area contributed by atoms with Crippen LogP contribution in [0.3, 0.4) is 0 Å². The number of Topliss-reactive ketones (excluding diaryl/α,β-unsaturated/α-hetero) is 1. The largest absolute Gasteiger partial charge is 0.299 e. The zero-order chi connectivity index (χ0) is 12.1. The fourth-order valence-corrected chi connectivity index (χ4v) is 2.84. The molecule has 0 atom stereocenters. The maximum atomic E-state index is 11.8. The van der Waals surface area contributed by atoms with Crippen LogP contribution in [0.2, 0.25) is 0 Å². The van der Waals surface area contributed by atoms with Gasteiger partial charge in [-0.05, 0) is 35.6 Å². The minimum atomic E-state index is 0.302. The molecule has 88 valence electrons. The number of aryl methyl sites for hydroxylation is 1. The predicted molar refractivity (Wildman–Crippen MR) is 75.5 cm³/mol. The monoisotopic (exact) mass is 308 g/mol. The second kappa shape index (κ2) is 6.12. The van der Waals surface area contributed by atoms with Crippen molar-refractivity contribution in [3.8, 4) is 0 Å². The number of halogens is 1. The standard InChI is InChI=1S/C14H13BrOS/c15-12-4-1-3-11(9-12)10-13(16)6-7-14-5-2-8-17-14/h1-5,8-9H,6-7,10H2. The molecular weight excluding hydrogens is 296 g/mol. The summed E-state index contributed by atoms with van der Waals surface area (Å²) in [5.41, 5.74) is 1.08. The Kier molecular flexibility index (Phi) is 4.51. The number of carbonyl (C=O) groups excluding carboxylic acids is 1. The van der Waals surface area contributed by atoms with Crippen molar-refractivity contribution >= 4 is 33.0 Å². The number of rotatable bonds is 5. The number of thiophene rings is 1. The number of ketones is 1. The maximum absolute atomic E-state index is 11.8. The Bertz CT molecular complexity index is 491. The Morgan fingerprint density at radius 1 is 1.24 bits per heavy atom. The van der Waals surface area contributed by atoms with Crippen LogP contribution in [0.1, 0.15) is 16.9 Å². The Labute approximate surface area is 114 Å². The fraction of sp³-hybridized carbons (Fsp3) is 0.214. The van der Waals surface area contributed by atoms with Crippen LogP contribution in [0.4, 0.5) is 0 Å². The van der Waals surface area contributed by atoms with Crippen molar-refractivity contribution in [3.63, 3.8) is 0 Å². The Morgan fingerprint density at radius 2 is 2.12 bits per heavy atom. The van der Waals surface area contributed by atoms with Crippen molar-refractivity contribution in [3.05, 3.63) is 56.7 Å². The van der Waals surface area contributed by atoms with E-state index in [4.69, 9.17) is 0 Å². The Morgan fingerprint density at radius 3 is 2.82 bits per heavy atom. The second-order valence-corrected chi connectivity index (χ2v) is 5.87. The van der Waals surface area contributed by atoms with Gasteiger partial charge in [0.25, 0.3) is 0 Å². The van der Waals surface area contributed by atoms with Gasteiger partial charge < -0.3 is 0 Å². The van der Waals surface area contributed by atoms with Crippen molar-refractivity contribution < 1.29 is 4.79 Å². The third-order valence-corrected chi connectivity index (χ3v) is 3.95. The van der Waals surface area contributed by atoms with Crippen molar-refractivity contribution in [2.45, 2.75) is 19.3 Å². The highest BCUT2D eigenvalue weighted by Gasteiger charge is 2.05. The first-order valence-corrected chi connectivity index (χ1v) is 7.20. The summed E-state index contributed by atoms with van der Waals surface area (Å²) < 4.78 is 1.03. The summed E-state index contributed by atoms with van der Waals surface area (Å²) in [6, 6.07) is 12.0. The first-order valence-electron chi connectivity index (χ1n) is 5.52. The van der Waals surface area contributed by atoms with Crippen molar-refractivity contribution in [1.82, 2.24) is 0 Å². The van der Waals surface area contributed by atoms with Crippen molar-refractivity contribution in [2.24, 2.45) is 0 Å². The van der Waals surface area contributed by atoms with E-state index in [1.54, 1.807) is 11.3 Å². The number of carbonyl (C=O) groups is 1. The highest BCUT2D eigenvalue weighted by Crippen LogP contribution is 2.14. The van der Waals surface area contributed by atoms with E-state index in [0.717, 1.165) is 16.5 Å². The van der Waals surface area contributed by atoms with Crippen LogP contribution < -0.4 is 0 Å². The molecule has 0 aliphatic heterocycles. The fourth-order valence-electron chi connectivity index (χ4n) is 1.68. The van der Waals surface area contributed by atoms with Gasteiger partial charge in [0.05, 0.1) is 0 Å². The summed E-state index contributed by atoms with van der Waals surface area (Å²) >= 11 is 5.13. The molecule has 0 aliphatic carbocycles. The third kappa shape index (κ3) is 4.10. The van der Waals surface area contributed by atoms with Gasteiger partial charge in [0.15, 0.2) is 0 Å². The lowest BCUT2D eigenvalue weighted by molar-refractivity contribution is -0.118. The first kappa shape index (κ1) is 12.5. The molecule has 0 fully saturated rings. The van der Waals surface area contributed by atoms with Crippen LogP contribution in [0.25, 0.3) is 0 Å². The number of hydrogen-bond donors (Lipinski definition) is 0.